The minimum atomic E-state index is -3.43. The van der Waals surface area contributed by atoms with Gasteiger partial charge in [0, 0.05) is 6.54 Å². The lowest BCUT2D eigenvalue weighted by Gasteiger charge is -2.12. The molecule has 1 aromatic rings. The molecule has 2 rings (SSSR count). The van der Waals surface area contributed by atoms with Gasteiger partial charge in [-0.25, -0.2) is 13.1 Å². The van der Waals surface area contributed by atoms with Gasteiger partial charge in [0.05, 0.1) is 11.5 Å². The van der Waals surface area contributed by atoms with Crippen LogP contribution in [0.3, 0.4) is 0 Å². The Kier molecular flexibility index (Phi) is 5.61. The van der Waals surface area contributed by atoms with Gasteiger partial charge in [-0.1, -0.05) is 6.92 Å². The summed E-state index contributed by atoms with van der Waals surface area (Å²) in [6, 6.07) is 6.49. The molecule has 0 heterocycles. The van der Waals surface area contributed by atoms with E-state index in [1.54, 1.807) is 24.3 Å². The molecule has 1 aliphatic rings. The highest BCUT2D eigenvalue weighted by atomic mass is 32.2. The zero-order chi connectivity index (χ0) is 15.3. The summed E-state index contributed by atoms with van der Waals surface area (Å²) in [6.45, 7) is 3.71. The van der Waals surface area contributed by atoms with Crippen LogP contribution in [-0.2, 0) is 10.0 Å². The number of hydrogen-bond acceptors (Lipinski definition) is 4. The lowest BCUT2D eigenvalue weighted by atomic mass is 10.1. The number of sulfonamides is 1. The van der Waals surface area contributed by atoms with E-state index in [2.05, 4.69) is 11.6 Å². The second-order valence-corrected chi connectivity index (χ2v) is 7.40. The molecule has 0 radical (unpaired) electrons. The van der Waals surface area contributed by atoms with Crippen LogP contribution in [0.4, 0.5) is 0 Å². The third-order valence-corrected chi connectivity index (χ3v) is 5.21. The molecule has 0 aliphatic heterocycles. The second kappa shape index (κ2) is 7.24. The SMILES string of the molecule is CC(CNS(=O)(=O)c1ccc(OCCCN)cc1)C1CC1. The van der Waals surface area contributed by atoms with Gasteiger partial charge in [0.15, 0.2) is 0 Å². The zero-order valence-corrected chi connectivity index (χ0v) is 13.2. The largest absolute Gasteiger partial charge is 0.494 e. The Bertz CT molecular complexity index is 539. The first kappa shape index (κ1) is 16.3. The maximum Gasteiger partial charge on any atom is 0.240 e. The topological polar surface area (TPSA) is 81.4 Å². The number of hydrogen-bond donors (Lipinski definition) is 2. The number of nitrogens with one attached hydrogen (secondary N) is 1. The number of rotatable bonds is 9. The van der Waals surface area contributed by atoms with Gasteiger partial charge in [0.2, 0.25) is 10.0 Å². The van der Waals surface area contributed by atoms with Crippen molar-refractivity contribution >= 4 is 10.0 Å². The highest BCUT2D eigenvalue weighted by Gasteiger charge is 2.28. The van der Waals surface area contributed by atoms with Gasteiger partial charge in [-0.2, -0.15) is 0 Å². The number of nitrogens with two attached hydrogens (primary N) is 1. The molecule has 0 aromatic heterocycles. The predicted molar refractivity (Wildman–Crippen MR) is 82.7 cm³/mol. The Morgan fingerprint density at radius 3 is 2.57 bits per heavy atom. The van der Waals surface area contributed by atoms with Crippen molar-refractivity contribution in [2.75, 3.05) is 19.7 Å². The van der Waals surface area contributed by atoms with Gasteiger partial charge in [-0.05, 0) is 61.9 Å². The summed E-state index contributed by atoms with van der Waals surface area (Å²) in [7, 11) is -3.43. The maximum atomic E-state index is 12.2. The Balaban J connectivity index is 1.89. The number of benzene rings is 1. The van der Waals surface area contributed by atoms with Crippen LogP contribution >= 0.6 is 0 Å². The molecule has 1 aromatic carbocycles. The van der Waals surface area contributed by atoms with Gasteiger partial charge >= 0.3 is 0 Å². The smallest absolute Gasteiger partial charge is 0.240 e. The molecule has 0 spiro atoms. The van der Waals surface area contributed by atoms with Crippen molar-refractivity contribution in [3.8, 4) is 5.75 Å². The predicted octanol–water partition coefficient (Wildman–Crippen LogP) is 1.74. The van der Waals surface area contributed by atoms with Crippen molar-refractivity contribution in [3.63, 3.8) is 0 Å². The van der Waals surface area contributed by atoms with Gasteiger partial charge in [0.1, 0.15) is 5.75 Å². The van der Waals surface area contributed by atoms with E-state index in [-0.39, 0.29) is 4.90 Å². The van der Waals surface area contributed by atoms with Crippen molar-refractivity contribution < 1.29 is 13.2 Å². The molecule has 3 N–H and O–H groups in total. The van der Waals surface area contributed by atoms with Gasteiger partial charge in [0.25, 0.3) is 0 Å². The molecular weight excluding hydrogens is 288 g/mol. The fourth-order valence-electron chi connectivity index (χ4n) is 2.14. The van der Waals surface area contributed by atoms with Crippen molar-refractivity contribution in [2.24, 2.45) is 17.6 Å². The molecule has 118 valence electrons. The van der Waals surface area contributed by atoms with Crippen LogP contribution in [0, 0.1) is 11.8 Å². The van der Waals surface area contributed by atoms with E-state index in [9.17, 15) is 8.42 Å². The van der Waals surface area contributed by atoms with E-state index in [0.29, 0.717) is 37.3 Å². The summed E-state index contributed by atoms with van der Waals surface area (Å²) >= 11 is 0. The molecular formula is C15H24N2O3S. The summed E-state index contributed by atoms with van der Waals surface area (Å²) in [4.78, 5) is 0.275. The summed E-state index contributed by atoms with van der Waals surface area (Å²) in [5.41, 5.74) is 5.39. The highest BCUT2D eigenvalue weighted by molar-refractivity contribution is 7.89. The minimum absolute atomic E-state index is 0.275. The van der Waals surface area contributed by atoms with Crippen LogP contribution in [0.25, 0.3) is 0 Å². The molecule has 1 atom stereocenters. The molecule has 5 nitrogen and oxygen atoms in total. The molecule has 1 saturated carbocycles. The normalized spacial score (nSPS) is 16.7. The Morgan fingerprint density at radius 1 is 1.33 bits per heavy atom. The first-order chi connectivity index (χ1) is 10.0. The first-order valence-corrected chi connectivity index (χ1v) is 8.94. The summed E-state index contributed by atoms with van der Waals surface area (Å²) in [5, 5.41) is 0. The summed E-state index contributed by atoms with van der Waals surface area (Å²) in [5.74, 6) is 1.75. The Hall–Kier alpha value is -1.11. The van der Waals surface area contributed by atoms with Gasteiger partial charge in [-0.3, -0.25) is 0 Å². The molecule has 1 aliphatic carbocycles. The van der Waals surface area contributed by atoms with Crippen LogP contribution in [0.1, 0.15) is 26.2 Å². The van der Waals surface area contributed by atoms with Crippen LogP contribution in [0.15, 0.2) is 29.2 Å². The van der Waals surface area contributed by atoms with E-state index < -0.39 is 10.0 Å². The molecule has 1 unspecified atom stereocenters. The van der Waals surface area contributed by atoms with Crippen LogP contribution in [-0.4, -0.2) is 28.1 Å². The van der Waals surface area contributed by atoms with Crippen molar-refractivity contribution in [1.29, 1.82) is 0 Å². The van der Waals surface area contributed by atoms with E-state index in [4.69, 9.17) is 10.5 Å². The minimum Gasteiger partial charge on any atom is -0.494 e. The summed E-state index contributed by atoms with van der Waals surface area (Å²) < 4.78 is 32.5. The van der Waals surface area contributed by atoms with Gasteiger partial charge in [-0.15, -0.1) is 0 Å². The van der Waals surface area contributed by atoms with Crippen LogP contribution in [0.5, 0.6) is 5.75 Å². The lowest BCUT2D eigenvalue weighted by molar-refractivity contribution is 0.313. The average Bonchev–Trinajstić information content (AvgIpc) is 3.30. The second-order valence-electron chi connectivity index (χ2n) is 5.63. The highest BCUT2D eigenvalue weighted by Crippen LogP contribution is 2.36. The van der Waals surface area contributed by atoms with Crippen molar-refractivity contribution in [2.45, 2.75) is 31.1 Å². The fraction of sp³-hybridized carbons (Fsp3) is 0.600. The molecule has 1 fully saturated rings. The average molecular weight is 312 g/mol. The van der Waals surface area contributed by atoms with Crippen LogP contribution in [0.2, 0.25) is 0 Å². The fourth-order valence-corrected chi connectivity index (χ4v) is 3.29. The van der Waals surface area contributed by atoms with E-state index >= 15 is 0 Å². The van der Waals surface area contributed by atoms with E-state index in [1.807, 2.05) is 0 Å². The number of ether oxygens (including phenoxy) is 1. The van der Waals surface area contributed by atoms with E-state index in [1.165, 1.54) is 12.8 Å². The van der Waals surface area contributed by atoms with Crippen molar-refractivity contribution in [1.82, 2.24) is 4.72 Å². The lowest BCUT2D eigenvalue weighted by Crippen LogP contribution is -2.29. The van der Waals surface area contributed by atoms with Gasteiger partial charge < -0.3 is 10.5 Å². The zero-order valence-electron chi connectivity index (χ0n) is 12.4. The monoisotopic (exact) mass is 312 g/mol. The maximum absolute atomic E-state index is 12.2. The van der Waals surface area contributed by atoms with Crippen molar-refractivity contribution in [3.05, 3.63) is 24.3 Å². The quantitative estimate of drug-likeness (QED) is 0.681. The molecule has 21 heavy (non-hydrogen) atoms. The van der Waals surface area contributed by atoms with E-state index in [0.717, 1.165) is 6.42 Å². The summed E-state index contributed by atoms with van der Waals surface area (Å²) in [6.07, 6.45) is 3.22. The molecule has 0 saturated heterocycles. The molecule has 0 bridgehead atoms. The third kappa shape index (κ3) is 4.98. The molecule has 0 amide bonds. The molecule has 6 heteroatoms. The standard InChI is InChI=1S/C15H24N2O3S/c1-12(13-3-4-13)11-17-21(18,19)15-7-5-14(6-8-15)20-10-2-9-16/h5-8,12-13,17H,2-4,9-11,16H2,1H3. The Labute approximate surface area is 126 Å². The first-order valence-electron chi connectivity index (χ1n) is 7.45. The third-order valence-electron chi connectivity index (χ3n) is 3.77. The Morgan fingerprint density at radius 2 is 2.00 bits per heavy atom. The van der Waals surface area contributed by atoms with Crippen LogP contribution < -0.4 is 15.2 Å².